The van der Waals surface area contributed by atoms with Gasteiger partial charge in [0, 0.05) is 11.9 Å². The summed E-state index contributed by atoms with van der Waals surface area (Å²) in [5, 5.41) is 1.07. The molecule has 0 spiro atoms. The van der Waals surface area contributed by atoms with Gasteiger partial charge in [0.05, 0.1) is 17.6 Å². The number of rotatable bonds is 4. The highest BCUT2D eigenvalue weighted by molar-refractivity contribution is 8.26. The number of para-hydroxylation sites is 1. The highest BCUT2D eigenvalue weighted by Crippen LogP contribution is 2.31. The molecule has 1 aliphatic heterocycles. The Hall–Kier alpha value is -2.58. The van der Waals surface area contributed by atoms with Gasteiger partial charge in [-0.15, -0.1) is 0 Å². The fraction of sp³-hybridized carbons (Fsp3) is 0.0625. The smallest absolute Gasteiger partial charge is 0.285 e. The standard InChI is InChI=1S/C16H13N3O3S2/c1-22-12-7-3-2-6-11(12)14(20)18-19-15(21)13(24-16(19)23)9-10-5-4-8-17-10/h2-9,17H,1H3,(H,18,20). The van der Waals surface area contributed by atoms with E-state index in [2.05, 4.69) is 10.4 Å². The first kappa shape index (κ1) is 16.3. The molecule has 1 aliphatic rings. The lowest BCUT2D eigenvalue weighted by Crippen LogP contribution is -2.44. The molecule has 122 valence electrons. The van der Waals surface area contributed by atoms with Crippen molar-refractivity contribution < 1.29 is 14.3 Å². The van der Waals surface area contributed by atoms with Crippen molar-refractivity contribution in [3.63, 3.8) is 0 Å². The number of hydrogen-bond donors (Lipinski definition) is 2. The van der Waals surface area contributed by atoms with Crippen LogP contribution in [0, 0.1) is 0 Å². The number of carbonyl (C=O) groups excluding carboxylic acids is 2. The van der Waals surface area contributed by atoms with Gasteiger partial charge in [-0.3, -0.25) is 15.0 Å². The summed E-state index contributed by atoms with van der Waals surface area (Å²) in [5.74, 6) is -0.421. The highest BCUT2D eigenvalue weighted by atomic mass is 32.2. The molecule has 0 aliphatic carbocycles. The number of benzene rings is 1. The molecular formula is C16H13N3O3S2. The van der Waals surface area contributed by atoms with Crippen LogP contribution < -0.4 is 10.2 Å². The number of thiocarbonyl (C=S) groups is 1. The summed E-state index contributed by atoms with van der Waals surface area (Å²) in [6, 6.07) is 10.4. The van der Waals surface area contributed by atoms with Gasteiger partial charge in [-0.25, -0.2) is 0 Å². The first-order chi connectivity index (χ1) is 11.6. The summed E-state index contributed by atoms with van der Waals surface area (Å²) in [4.78, 5) is 28.3. The van der Waals surface area contributed by atoms with E-state index in [4.69, 9.17) is 17.0 Å². The molecular weight excluding hydrogens is 346 g/mol. The van der Waals surface area contributed by atoms with Crippen LogP contribution in [-0.4, -0.2) is 33.2 Å². The average Bonchev–Trinajstić information content (AvgIpc) is 3.19. The fourth-order valence-electron chi connectivity index (χ4n) is 2.13. The van der Waals surface area contributed by atoms with Crippen molar-refractivity contribution in [3.05, 3.63) is 58.8 Å². The molecule has 0 bridgehead atoms. The van der Waals surface area contributed by atoms with Crippen LogP contribution in [0.2, 0.25) is 0 Å². The van der Waals surface area contributed by atoms with E-state index >= 15 is 0 Å². The van der Waals surface area contributed by atoms with Crippen molar-refractivity contribution in [2.75, 3.05) is 7.11 Å². The van der Waals surface area contributed by atoms with Gasteiger partial charge in [0.25, 0.3) is 11.8 Å². The molecule has 2 N–H and O–H groups in total. The van der Waals surface area contributed by atoms with E-state index < -0.39 is 5.91 Å². The van der Waals surface area contributed by atoms with E-state index in [0.29, 0.717) is 16.2 Å². The Bertz CT molecular complexity index is 831. The van der Waals surface area contributed by atoms with Crippen LogP contribution in [0.3, 0.4) is 0 Å². The maximum Gasteiger partial charge on any atom is 0.285 e. The molecule has 1 aromatic heterocycles. The predicted molar refractivity (Wildman–Crippen MR) is 96.3 cm³/mol. The second-order valence-corrected chi connectivity index (χ2v) is 6.46. The Morgan fingerprint density at radius 2 is 2.12 bits per heavy atom. The van der Waals surface area contributed by atoms with Crippen molar-refractivity contribution in [1.29, 1.82) is 0 Å². The molecule has 0 radical (unpaired) electrons. The number of methoxy groups -OCH3 is 1. The number of nitrogens with zero attached hydrogens (tertiary/aromatic N) is 1. The van der Waals surface area contributed by atoms with Crippen LogP contribution in [0.25, 0.3) is 6.08 Å². The zero-order chi connectivity index (χ0) is 17.1. The molecule has 2 aromatic rings. The molecule has 1 aromatic carbocycles. The fourth-order valence-corrected chi connectivity index (χ4v) is 3.30. The summed E-state index contributed by atoms with van der Waals surface area (Å²) in [5.41, 5.74) is 3.64. The Morgan fingerprint density at radius 1 is 1.33 bits per heavy atom. The van der Waals surface area contributed by atoms with Crippen LogP contribution in [0.1, 0.15) is 16.1 Å². The second-order valence-electron chi connectivity index (χ2n) is 4.78. The lowest BCUT2D eigenvalue weighted by molar-refractivity contribution is -0.123. The highest BCUT2D eigenvalue weighted by Gasteiger charge is 2.34. The molecule has 1 saturated heterocycles. The third-order valence-electron chi connectivity index (χ3n) is 3.27. The minimum absolute atomic E-state index is 0.265. The van der Waals surface area contributed by atoms with Crippen LogP contribution in [0.4, 0.5) is 0 Å². The summed E-state index contributed by atoms with van der Waals surface area (Å²) >= 11 is 6.32. The van der Waals surface area contributed by atoms with E-state index in [1.54, 1.807) is 36.5 Å². The molecule has 3 rings (SSSR count). The van der Waals surface area contributed by atoms with E-state index in [0.717, 1.165) is 22.5 Å². The monoisotopic (exact) mass is 359 g/mol. The largest absolute Gasteiger partial charge is 0.496 e. The minimum Gasteiger partial charge on any atom is -0.496 e. The quantitative estimate of drug-likeness (QED) is 0.648. The number of amides is 2. The number of thioether (sulfide) groups is 1. The minimum atomic E-state index is -0.468. The lowest BCUT2D eigenvalue weighted by Gasteiger charge is -2.16. The molecule has 0 unspecified atom stereocenters. The van der Waals surface area contributed by atoms with Gasteiger partial charge in [-0.05, 0) is 42.6 Å². The normalized spacial score (nSPS) is 15.9. The molecule has 0 saturated carbocycles. The van der Waals surface area contributed by atoms with Crippen molar-refractivity contribution in [1.82, 2.24) is 15.4 Å². The van der Waals surface area contributed by atoms with Gasteiger partial charge in [-0.1, -0.05) is 23.9 Å². The molecule has 8 heteroatoms. The van der Waals surface area contributed by atoms with Crippen LogP contribution in [-0.2, 0) is 4.79 Å². The summed E-state index contributed by atoms with van der Waals surface area (Å²) in [7, 11) is 1.48. The molecule has 2 amide bonds. The van der Waals surface area contributed by atoms with Crippen molar-refractivity contribution in [2.24, 2.45) is 0 Å². The number of hydrogen-bond acceptors (Lipinski definition) is 5. The molecule has 2 heterocycles. The first-order valence-electron chi connectivity index (χ1n) is 6.95. The number of nitrogens with one attached hydrogen (secondary N) is 2. The van der Waals surface area contributed by atoms with Crippen LogP contribution in [0.5, 0.6) is 5.75 Å². The zero-order valence-corrected chi connectivity index (χ0v) is 14.2. The third kappa shape index (κ3) is 3.19. The van der Waals surface area contributed by atoms with E-state index in [1.807, 2.05) is 12.1 Å². The SMILES string of the molecule is COc1ccccc1C(=O)NN1C(=O)C(=Cc2ccc[nH]2)SC1=S. The first-order valence-corrected chi connectivity index (χ1v) is 8.18. The predicted octanol–water partition coefficient (Wildman–Crippen LogP) is 2.57. The molecule has 24 heavy (non-hydrogen) atoms. The zero-order valence-electron chi connectivity index (χ0n) is 12.6. The second kappa shape index (κ2) is 6.90. The molecule has 6 nitrogen and oxygen atoms in total. The third-order valence-corrected chi connectivity index (χ3v) is 4.57. The van der Waals surface area contributed by atoms with Gasteiger partial charge in [-0.2, -0.15) is 5.01 Å². The summed E-state index contributed by atoms with van der Waals surface area (Å²) in [6.07, 6.45) is 3.45. The number of aromatic nitrogens is 1. The Kier molecular flexibility index (Phi) is 4.68. The van der Waals surface area contributed by atoms with Gasteiger partial charge >= 0.3 is 0 Å². The molecule has 0 atom stereocenters. The van der Waals surface area contributed by atoms with E-state index in [1.165, 1.54) is 7.11 Å². The lowest BCUT2D eigenvalue weighted by atomic mass is 10.2. The van der Waals surface area contributed by atoms with E-state index in [-0.39, 0.29) is 10.2 Å². The number of aromatic amines is 1. The van der Waals surface area contributed by atoms with Gasteiger partial charge in [0.15, 0.2) is 4.32 Å². The van der Waals surface area contributed by atoms with Gasteiger partial charge < -0.3 is 9.72 Å². The Balaban J connectivity index is 1.79. The summed E-state index contributed by atoms with van der Waals surface area (Å²) < 4.78 is 5.42. The van der Waals surface area contributed by atoms with Gasteiger partial charge in [0.2, 0.25) is 0 Å². The maximum atomic E-state index is 12.5. The Morgan fingerprint density at radius 3 is 2.83 bits per heavy atom. The van der Waals surface area contributed by atoms with E-state index in [9.17, 15) is 9.59 Å². The average molecular weight is 359 g/mol. The molecule has 1 fully saturated rings. The van der Waals surface area contributed by atoms with Gasteiger partial charge in [0.1, 0.15) is 5.75 Å². The maximum absolute atomic E-state index is 12.5. The van der Waals surface area contributed by atoms with Crippen molar-refractivity contribution in [3.8, 4) is 5.75 Å². The van der Waals surface area contributed by atoms with Crippen LogP contribution in [0.15, 0.2) is 47.5 Å². The number of carbonyl (C=O) groups is 2. The summed E-state index contributed by atoms with van der Waals surface area (Å²) in [6.45, 7) is 0. The Labute approximate surface area is 147 Å². The van der Waals surface area contributed by atoms with Crippen LogP contribution >= 0.6 is 24.0 Å². The number of ether oxygens (including phenoxy) is 1. The van der Waals surface area contributed by atoms with Crippen molar-refractivity contribution >= 4 is 46.2 Å². The topological polar surface area (TPSA) is 74.4 Å². The number of hydrazine groups is 1. The van der Waals surface area contributed by atoms with Crippen molar-refractivity contribution in [2.45, 2.75) is 0 Å². The number of H-pyrrole nitrogens is 1.